The molecule has 14 heteroatoms. The van der Waals surface area contributed by atoms with E-state index < -0.39 is 18.5 Å². The molecule has 17 heavy (non-hydrogen) atoms. The Labute approximate surface area is 121 Å². The van der Waals surface area contributed by atoms with Crippen LogP contribution in [0.1, 0.15) is 0 Å². The summed E-state index contributed by atoms with van der Waals surface area (Å²) in [7, 11) is 0. The third kappa shape index (κ3) is 1840. The van der Waals surface area contributed by atoms with Crippen molar-refractivity contribution in [2.24, 2.45) is 0 Å². The van der Waals surface area contributed by atoms with Crippen LogP contribution in [-0.2, 0) is 0 Å². The van der Waals surface area contributed by atoms with Crippen molar-refractivity contribution in [3.05, 3.63) is 0 Å². The fourth-order valence-electron chi connectivity index (χ4n) is 0. The van der Waals surface area contributed by atoms with Gasteiger partial charge in [0.05, 0.1) is 0 Å². The Morgan fingerprint density at radius 2 is 0.471 bits per heavy atom. The predicted molar refractivity (Wildman–Crippen MR) is 46.4 cm³/mol. The van der Waals surface area contributed by atoms with E-state index in [9.17, 15) is 0 Å². The number of hydrogen-bond donors (Lipinski definition) is 6. The molecule has 0 aliphatic rings. The van der Waals surface area contributed by atoms with Crippen LogP contribution in [-0.4, -0.2) is 71.0 Å². The molecule has 0 saturated heterocycles. The molecule has 0 bridgehead atoms. The smallest absolute Gasteiger partial charge is 0.450 e. The first-order valence-corrected chi connectivity index (χ1v) is 1.95. The summed E-state index contributed by atoms with van der Waals surface area (Å²) >= 11 is 0. The van der Waals surface area contributed by atoms with E-state index in [0.29, 0.717) is 0 Å². The molecule has 0 aliphatic heterocycles. The predicted octanol–water partition coefficient (Wildman–Crippen LogP) is -2.63. The standard InChI is InChI=1S/3CH2O3.La.4H2O/c3*2-1(3)4;;;;;/h3*(H2,2,3,4);;4*1H2. The monoisotopic (exact) mass is 397 g/mol. The van der Waals surface area contributed by atoms with E-state index in [1.165, 1.54) is 0 Å². The van der Waals surface area contributed by atoms with Gasteiger partial charge < -0.3 is 52.5 Å². The van der Waals surface area contributed by atoms with Gasteiger partial charge in [-0.2, -0.15) is 0 Å². The molecule has 0 rings (SSSR count). The average molecular weight is 397 g/mol. The summed E-state index contributed by atoms with van der Waals surface area (Å²) in [5.41, 5.74) is 0. The van der Waals surface area contributed by atoms with Crippen LogP contribution in [0.3, 0.4) is 0 Å². The van der Waals surface area contributed by atoms with Crippen molar-refractivity contribution in [2.45, 2.75) is 0 Å². The molecule has 0 atom stereocenters. The van der Waals surface area contributed by atoms with Crippen LogP contribution in [0.25, 0.3) is 0 Å². The van der Waals surface area contributed by atoms with Crippen molar-refractivity contribution in [1.82, 2.24) is 0 Å². The van der Waals surface area contributed by atoms with Crippen LogP contribution >= 0.6 is 0 Å². The Morgan fingerprint density at radius 1 is 0.471 bits per heavy atom. The molecule has 0 heterocycles. The van der Waals surface area contributed by atoms with Crippen molar-refractivity contribution < 1.29 is 103 Å². The number of carboxylic acid groups (broad SMARTS) is 6. The molecule has 14 N–H and O–H groups in total. The maximum Gasteiger partial charge on any atom is 0.503 e. The van der Waals surface area contributed by atoms with Crippen molar-refractivity contribution in [2.75, 3.05) is 0 Å². The van der Waals surface area contributed by atoms with Crippen LogP contribution < -0.4 is 0 Å². The Balaban J connectivity index is -0.0000000104. The minimum Gasteiger partial charge on any atom is -0.450 e. The molecule has 0 aromatic heterocycles. The molecule has 0 unspecified atom stereocenters. The van der Waals surface area contributed by atoms with E-state index in [4.69, 9.17) is 45.0 Å². The van der Waals surface area contributed by atoms with Crippen LogP contribution in [0.4, 0.5) is 14.4 Å². The fraction of sp³-hybridized carbons (Fsp3) is 0. The summed E-state index contributed by atoms with van der Waals surface area (Å²) < 4.78 is 0. The topological polar surface area (TPSA) is 299 Å². The van der Waals surface area contributed by atoms with Crippen LogP contribution in [0, 0.1) is 35.6 Å². The molecule has 0 spiro atoms. The molecule has 0 saturated carbocycles. The first-order valence-electron chi connectivity index (χ1n) is 1.95. The molecule has 107 valence electrons. The minimum absolute atomic E-state index is 0. The second-order valence-corrected chi connectivity index (χ2v) is 0.848. The Morgan fingerprint density at radius 3 is 0.471 bits per heavy atom. The maximum absolute atomic E-state index is 8.56. The number of carbonyl (C=O) groups is 3. The second kappa shape index (κ2) is 46.2. The normalized spacial score (nSPS) is 4.24. The van der Waals surface area contributed by atoms with E-state index in [0.717, 1.165) is 0 Å². The molecule has 13 nitrogen and oxygen atoms in total. The minimum atomic E-state index is -1.83. The Kier molecular flexibility index (Phi) is 154. The quantitative estimate of drug-likeness (QED) is 0.248. The number of hydrogen-bond acceptors (Lipinski definition) is 3. The Hall–Kier alpha value is -1.16. The fourth-order valence-corrected chi connectivity index (χ4v) is 0. The van der Waals surface area contributed by atoms with Crippen LogP contribution in [0.5, 0.6) is 0 Å². The summed E-state index contributed by atoms with van der Waals surface area (Å²) in [6.45, 7) is 0. The van der Waals surface area contributed by atoms with E-state index in [-0.39, 0.29) is 57.5 Å². The molecule has 1 radical (unpaired) electrons. The molecule has 0 aromatic carbocycles. The van der Waals surface area contributed by atoms with Gasteiger partial charge in [0.1, 0.15) is 0 Å². The van der Waals surface area contributed by atoms with Gasteiger partial charge in [0.2, 0.25) is 0 Å². The van der Waals surface area contributed by atoms with Crippen molar-refractivity contribution >= 4 is 18.5 Å². The number of rotatable bonds is 0. The largest absolute Gasteiger partial charge is 0.503 e. The average Bonchev–Trinajstić information content (AvgIpc) is 1.54. The zero-order chi connectivity index (χ0) is 10.7. The third-order valence-corrected chi connectivity index (χ3v) is 0. The zero-order valence-corrected chi connectivity index (χ0v) is 11.6. The van der Waals surface area contributed by atoms with Crippen molar-refractivity contribution in [3.8, 4) is 0 Å². The van der Waals surface area contributed by atoms with Crippen molar-refractivity contribution in [1.29, 1.82) is 0 Å². The van der Waals surface area contributed by atoms with E-state index >= 15 is 0 Å². The van der Waals surface area contributed by atoms with E-state index in [1.54, 1.807) is 0 Å². The maximum atomic E-state index is 8.56. The van der Waals surface area contributed by atoms with Crippen LogP contribution in [0.2, 0.25) is 0 Å². The third-order valence-electron chi connectivity index (χ3n) is 0. The van der Waals surface area contributed by atoms with Crippen LogP contribution in [0.15, 0.2) is 0 Å². The molecule has 0 aliphatic carbocycles. The van der Waals surface area contributed by atoms with E-state index in [1.807, 2.05) is 0 Å². The SMILES string of the molecule is O.O.O.O.O=C(O)O.O=C(O)O.O=C(O)O.[La]. The Bertz CT molecular complexity index is 114. The summed E-state index contributed by atoms with van der Waals surface area (Å²) in [4.78, 5) is 25.7. The van der Waals surface area contributed by atoms with E-state index in [2.05, 4.69) is 0 Å². The molecule has 0 fully saturated rings. The first kappa shape index (κ1) is 56.7. The summed E-state index contributed by atoms with van der Waals surface area (Å²) in [6.07, 6.45) is -5.50. The van der Waals surface area contributed by atoms with Gasteiger partial charge in [-0.1, -0.05) is 0 Å². The molecular weight excluding hydrogens is 383 g/mol. The molecular formula is C3H14LaO13. The molecule has 0 aromatic rings. The molecule has 0 amide bonds. The van der Waals surface area contributed by atoms with Gasteiger partial charge in [0.25, 0.3) is 0 Å². The zero-order valence-electron chi connectivity index (χ0n) is 7.99. The van der Waals surface area contributed by atoms with Gasteiger partial charge in [-0.05, 0) is 0 Å². The van der Waals surface area contributed by atoms with Gasteiger partial charge in [0, 0.05) is 35.6 Å². The summed E-state index contributed by atoms with van der Waals surface area (Å²) in [5, 5.41) is 41.8. The van der Waals surface area contributed by atoms with Crippen molar-refractivity contribution in [3.63, 3.8) is 0 Å². The van der Waals surface area contributed by atoms with Gasteiger partial charge in [-0.15, -0.1) is 0 Å². The van der Waals surface area contributed by atoms with Gasteiger partial charge in [0.15, 0.2) is 0 Å². The first-order chi connectivity index (χ1) is 5.20. The second-order valence-electron chi connectivity index (χ2n) is 0.848. The van der Waals surface area contributed by atoms with Gasteiger partial charge >= 0.3 is 18.5 Å². The summed E-state index contributed by atoms with van der Waals surface area (Å²) in [5.74, 6) is 0. The summed E-state index contributed by atoms with van der Waals surface area (Å²) in [6, 6.07) is 0. The van der Waals surface area contributed by atoms with Gasteiger partial charge in [-0.25, -0.2) is 14.4 Å². The van der Waals surface area contributed by atoms with Gasteiger partial charge in [-0.3, -0.25) is 0 Å².